The van der Waals surface area contributed by atoms with E-state index in [0.717, 1.165) is 28.4 Å². The molecule has 0 bridgehead atoms. The van der Waals surface area contributed by atoms with Crippen molar-refractivity contribution in [3.63, 3.8) is 0 Å². The zero-order valence-corrected chi connectivity index (χ0v) is 18.3. The van der Waals surface area contributed by atoms with Gasteiger partial charge in [0, 0.05) is 33.4 Å². The average molecular weight is 426 g/mol. The summed E-state index contributed by atoms with van der Waals surface area (Å²) < 4.78 is 2.14. The monoisotopic (exact) mass is 425 g/mol. The summed E-state index contributed by atoms with van der Waals surface area (Å²) in [6.45, 7) is 6.16. The molecule has 1 aromatic heterocycles. The molecule has 0 radical (unpaired) electrons. The number of nitrogens with zero attached hydrogens (tertiary/aromatic N) is 2. The van der Waals surface area contributed by atoms with Gasteiger partial charge >= 0.3 is 0 Å². The Bertz CT molecular complexity index is 1030. The van der Waals surface area contributed by atoms with Crippen molar-refractivity contribution in [1.29, 1.82) is 0 Å². The largest absolute Gasteiger partial charge is 0.318 e. The first kappa shape index (κ1) is 21.2. The minimum atomic E-state index is -0.105. The molecule has 4 nitrogen and oxygen atoms in total. The fourth-order valence-corrected chi connectivity index (χ4v) is 4.16. The number of nitrogens with one attached hydrogen (secondary N) is 1. The number of aryl methyl sites for hydroxylation is 2. The third-order valence-corrected chi connectivity index (χ3v) is 5.93. The average Bonchev–Trinajstić information content (AvgIpc) is 2.98. The Kier molecular flexibility index (Phi) is 7.18. The summed E-state index contributed by atoms with van der Waals surface area (Å²) in [6, 6.07) is 18.0. The van der Waals surface area contributed by atoms with Crippen LogP contribution in [-0.2, 0) is 10.5 Å². The zero-order chi connectivity index (χ0) is 20.8. The summed E-state index contributed by atoms with van der Waals surface area (Å²) >= 11 is 7.57. The minimum absolute atomic E-state index is 0.105. The molecule has 1 heterocycles. The van der Waals surface area contributed by atoms with E-state index in [-0.39, 0.29) is 5.91 Å². The van der Waals surface area contributed by atoms with Crippen LogP contribution in [0.3, 0.4) is 0 Å². The predicted molar refractivity (Wildman–Crippen MR) is 123 cm³/mol. The topological polar surface area (TPSA) is 46.4 Å². The van der Waals surface area contributed by atoms with Crippen LogP contribution in [-0.4, -0.2) is 22.4 Å². The lowest BCUT2D eigenvalue weighted by atomic mass is 10.1. The molecule has 0 unspecified atom stereocenters. The number of halogens is 1. The fourth-order valence-electron chi connectivity index (χ4n) is 3.14. The van der Waals surface area contributed by atoms with E-state index in [0.29, 0.717) is 10.8 Å². The SMILES string of the molecule is Cc1ccccc1CSCC(=O)N/N=C\c1cc(C)n(-c2ccc(Cl)cc2)c1C. The number of amides is 1. The van der Waals surface area contributed by atoms with Gasteiger partial charge < -0.3 is 4.57 Å². The first-order valence-corrected chi connectivity index (χ1v) is 10.9. The van der Waals surface area contributed by atoms with Gasteiger partial charge in [-0.3, -0.25) is 4.79 Å². The van der Waals surface area contributed by atoms with Gasteiger partial charge in [0.2, 0.25) is 5.91 Å². The van der Waals surface area contributed by atoms with Gasteiger partial charge in [0.25, 0.3) is 0 Å². The molecule has 0 aliphatic carbocycles. The van der Waals surface area contributed by atoms with Gasteiger partial charge in [-0.2, -0.15) is 5.10 Å². The van der Waals surface area contributed by atoms with Gasteiger partial charge in [0.15, 0.2) is 0 Å². The summed E-state index contributed by atoms with van der Waals surface area (Å²) in [7, 11) is 0. The highest BCUT2D eigenvalue weighted by atomic mass is 35.5. The van der Waals surface area contributed by atoms with Crippen LogP contribution < -0.4 is 5.43 Å². The maximum Gasteiger partial charge on any atom is 0.250 e. The van der Waals surface area contributed by atoms with Gasteiger partial charge in [-0.1, -0.05) is 35.9 Å². The highest BCUT2D eigenvalue weighted by Crippen LogP contribution is 2.21. The van der Waals surface area contributed by atoms with Gasteiger partial charge in [0.1, 0.15) is 0 Å². The number of rotatable bonds is 7. The molecule has 0 saturated heterocycles. The smallest absolute Gasteiger partial charge is 0.250 e. The maximum atomic E-state index is 12.1. The number of hydrogen-bond donors (Lipinski definition) is 1. The van der Waals surface area contributed by atoms with Crippen LogP contribution in [0.1, 0.15) is 28.1 Å². The Morgan fingerprint density at radius 3 is 2.59 bits per heavy atom. The fraction of sp³-hybridized carbons (Fsp3) is 0.217. The summed E-state index contributed by atoms with van der Waals surface area (Å²) in [6.07, 6.45) is 1.69. The number of benzene rings is 2. The van der Waals surface area contributed by atoms with Crippen LogP contribution in [0.25, 0.3) is 5.69 Å². The zero-order valence-electron chi connectivity index (χ0n) is 16.8. The lowest BCUT2D eigenvalue weighted by Crippen LogP contribution is -2.19. The van der Waals surface area contributed by atoms with Gasteiger partial charge in [-0.05, 0) is 62.2 Å². The molecular weight excluding hydrogens is 402 g/mol. The lowest BCUT2D eigenvalue weighted by molar-refractivity contribution is -0.118. The van der Waals surface area contributed by atoms with Crippen molar-refractivity contribution in [2.45, 2.75) is 26.5 Å². The number of carbonyl (C=O) groups is 1. The number of carbonyl (C=O) groups excluding carboxylic acids is 1. The molecule has 0 fully saturated rings. The van der Waals surface area contributed by atoms with Gasteiger partial charge in [0.05, 0.1) is 12.0 Å². The molecular formula is C23H24ClN3OS. The highest BCUT2D eigenvalue weighted by Gasteiger charge is 2.09. The molecule has 6 heteroatoms. The second-order valence-corrected chi connectivity index (χ2v) is 8.27. The molecule has 0 atom stereocenters. The third-order valence-electron chi connectivity index (χ3n) is 4.70. The Hall–Kier alpha value is -2.50. The molecule has 29 heavy (non-hydrogen) atoms. The van der Waals surface area contributed by atoms with E-state index in [1.54, 1.807) is 18.0 Å². The molecule has 0 spiro atoms. The van der Waals surface area contributed by atoms with E-state index in [2.05, 4.69) is 34.2 Å². The standard InChI is InChI=1S/C23H24ClN3OS/c1-16-6-4-5-7-19(16)14-29-15-23(28)26-25-13-20-12-17(2)27(18(20)3)22-10-8-21(24)9-11-22/h4-13H,14-15H2,1-3H3,(H,26,28)/b25-13-. The van der Waals surface area contributed by atoms with Gasteiger partial charge in [-0.15, -0.1) is 11.8 Å². The number of hydrogen-bond acceptors (Lipinski definition) is 3. The van der Waals surface area contributed by atoms with Crippen molar-refractivity contribution in [1.82, 2.24) is 9.99 Å². The molecule has 1 amide bonds. The molecule has 3 rings (SSSR count). The molecule has 150 valence electrons. The van der Waals surface area contributed by atoms with Crippen LogP contribution in [0.15, 0.2) is 59.7 Å². The number of thioether (sulfide) groups is 1. The van der Waals surface area contributed by atoms with Crippen molar-refractivity contribution >= 4 is 35.5 Å². The second kappa shape index (κ2) is 9.81. The van der Waals surface area contributed by atoms with E-state index in [1.807, 2.05) is 56.3 Å². The number of hydrazone groups is 1. The molecule has 0 aliphatic rings. The first-order valence-electron chi connectivity index (χ1n) is 9.34. The van der Waals surface area contributed by atoms with Gasteiger partial charge in [-0.25, -0.2) is 5.43 Å². The quantitative estimate of drug-likeness (QED) is 0.404. The summed E-state index contributed by atoms with van der Waals surface area (Å²) in [5, 5.41) is 4.84. The number of aromatic nitrogens is 1. The Morgan fingerprint density at radius 2 is 1.86 bits per heavy atom. The van der Waals surface area contributed by atoms with Crippen LogP contribution in [0, 0.1) is 20.8 Å². The Morgan fingerprint density at radius 1 is 1.14 bits per heavy atom. The Balaban J connectivity index is 1.56. The molecule has 3 aromatic rings. The first-order chi connectivity index (χ1) is 14.0. The van der Waals surface area contributed by atoms with Crippen molar-refractivity contribution in [3.05, 3.63) is 87.7 Å². The second-order valence-electron chi connectivity index (χ2n) is 6.85. The summed E-state index contributed by atoms with van der Waals surface area (Å²) in [5.41, 5.74) is 9.26. The predicted octanol–water partition coefficient (Wildman–Crippen LogP) is 5.44. The highest BCUT2D eigenvalue weighted by molar-refractivity contribution is 7.99. The van der Waals surface area contributed by atoms with Crippen LogP contribution in [0.2, 0.25) is 5.02 Å². The van der Waals surface area contributed by atoms with Crippen molar-refractivity contribution in [2.24, 2.45) is 5.10 Å². The minimum Gasteiger partial charge on any atom is -0.318 e. The molecule has 0 aliphatic heterocycles. The molecule has 2 aromatic carbocycles. The van der Waals surface area contributed by atoms with Crippen molar-refractivity contribution < 1.29 is 4.79 Å². The summed E-state index contributed by atoms with van der Waals surface area (Å²) in [4.78, 5) is 12.1. The van der Waals surface area contributed by atoms with E-state index in [1.165, 1.54) is 11.1 Å². The maximum absolute atomic E-state index is 12.1. The Labute approximate surface area is 181 Å². The lowest BCUT2D eigenvalue weighted by Gasteiger charge is -2.09. The summed E-state index contributed by atoms with van der Waals surface area (Å²) in [5.74, 6) is 1.08. The van der Waals surface area contributed by atoms with E-state index in [9.17, 15) is 4.79 Å². The third kappa shape index (κ3) is 5.52. The van der Waals surface area contributed by atoms with Crippen molar-refractivity contribution in [2.75, 3.05) is 5.75 Å². The van der Waals surface area contributed by atoms with E-state index >= 15 is 0 Å². The van der Waals surface area contributed by atoms with E-state index in [4.69, 9.17) is 11.6 Å². The molecule has 0 saturated carbocycles. The van der Waals surface area contributed by atoms with Crippen LogP contribution >= 0.6 is 23.4 Å². The van der Waals surface area contributed by atoms with Crippen LogP contribution in [0.5, 0.6) is 0 Å². The van der Waals surface area contributed by atoms with E-state index < -0.39 is 0 Å². The molecule has 1 N–H and O–H groups in total. The normalized spacial score (nSPS) is 11.2. The van der Waals surface area contributed by atoms with Crippen molar-refractivity contribution in [3.8, 4) is 5.69 Å². The van der Waals surface area contributed by atoms with Crippen LogP contribution in [0.4, 0.5) is 0 Å².